The highest BCUT2D eigenvalue weighted by Gasteiger charge is 2.23. The summed E-state index contributed by atoms with van der Waals surface area (Å²) in [5.41, 5.74) is 2.20. The van der Waals surface area contributed by atoms with E-state index in [0.29, 0.717) is 16.4 Å². The van der Waals surface area contributed by atoms with Crippen molar-refractivity contribution in [3.63, 3.8) is 0 Å². The fourth-order valence-electron chi connectivity index (χ4n) is 2.11. The van der Waals surface area contributed by atoms with Crippen molar-refractivity contribution in [1.29, 1.82) is 0 Å². The number of rotatable bonds is 5. The van der Waals surface area contributed by atoms with Gasteiger partial charge in [-0.2, -0.15) is 0 Å². The zero-order chi connectivity index (χ0) is 15.6. The number of carbonyl (C=O) groups excluding carboxylic acids is 1. The van der Waals surface area contributed by atoms with Gasteiger partial charge in [0.1, 0.15) is 0 Å². The molecule has 2 rings (SSSR count). The van der Waals surface area contributed by atoms with Crippen LogP contribution in [0.5, 0.6) is 0 Å². The number of thiophene rings is 1. The number of hydrogen-bond donors (Lipinski definition) is 0. The van der Waals surface area contributed by atoms with Crippen LogP contribution in [0.15, 0.2) is 30.3 Å². The highest BCUT2D eigenvalue weighted by molar-refractivity contribution is 7.18. The molecule has 0 saturated heterocycles. The lowest BCUT2D eigenvalue weighted by atomic mass is 10.1. The summed E-state index contributed by atoms with van der Waals surface area (Å²) in [5, 5.41) is 11.6. The maximum Gasteiger partial charge on any atom is 0.304 e. The van der Waals surface area contributed by atoms with Gasteiger partial charge in [-0.05, 0) is 19.4 Å². The maximum atomic E-state index is 11.4. The summed E-state index contributed by atoms with van der Waals surface area (Å²) in [5.74, 6) is -0.154. The Morgan fingerprint density at radius 2 is 2.10 bits per heavy atom. The summed E-state index contributed by atoms with van der Waals surface area (Å²) < 4.78 is 0. The Kier molecular flexibility index (Phi) is 4.37. The number of aryl methyl sites for hydroxylation is 1. The number of ketones is 1. The van der Waals surface area contributed by atoms with Crippen LogP contribution in [0.1, 0.15) is 27.7 Å². The van der Waals surface area contributed by atoms with E-state index < -0.39 is 4.92 Å². The van der Waals surface area contributed by atoms with Crippen LogP contribution in [0.4, 0.5) is 10.7 Å². The number of benzene rings is 1. The van der Waals surface area contributed by atoms with Gasteiger partial charge in [0.25, 0.3) is 0 Å². The highest BCUT2D eigenvalue weighted by Crippen LogP contribution is 2.37. The van der Waals surface area contributed by atoms with Crippen LogP contribution < -0.4 is 4.90 Å². The topological polar surface area (TPSA) is 63.4 Å². The summed E-state index contributed by atoms with van der Waals surface area (Å²) in [6.07, 6.45) is 0. The first kappa shape index (κ1) is 15.2. The molecule has 0 fully saturated rings. The fourth-order valence-corrected chi connectivity index (χ4v) is 3.09. The summed E-state index contributed by atoms with van der Waals surface area (Å²) in [6, 6.07) is 9.35. The van der Waals surface area contributed by atoms with Gasteiger partial charge < -0.3 is 4.90 Å². The van der Waals surface area contributed by atoms with Crippen molar-refractivity contribution in [2.45, 2.75) is 20.4 Å². The summed E-state index contributed by atoms with van der Waals surface area (Å²) in [6.45, 7) is 3.98. The number of carbonyl (C=O) groups is 1. The van der Waals surface area contributed by atoms with Crippen molar-refractivity contribution in [3.8, 4) is 0 Å². The molecule has 1 heterocycles. The first-order chi connectivity index (χ1) is 9.88. The van der Waals surface area contributed by atoms with Gasteiger partial charge in [-0.1, -0.05) is 29.8 Å². The Balaban J connectivity index is 2.31. The van der Waals surface area contributed by atoms with Gasteiger partial charge in [0.05, 0.1) is 9.80 Å². The van der Waals surface area contributed by atoms with E-state index in [1.54, 1.807) is 7.05 Å². The molecule has 0 radical (unpaired) electrons. The summed E-state index contributed by atoms with van der Waals surface area (Å²) in [4.78, 5) is 24.4. The van der Waals surface area contributed by atoms with E-state index in [1.807, 2.05) is 36.1 Å². The molecule has 0 aliphatic heterocycles. The number of nitrogens with zero attached hydrogens (tertiary/aromatic N) is 2. The predicted octanol–water partition coefficient (Wildman–Crippen LogP) is 3.80. The molecule has 0 unspecified atom stereocenters. The summed E-state index contributed by atoms with van der Waals surface area (Å²) >= 11 is 1.16. The van der Waals surface area contributed by atoms with Crippen LogP contribution >= 0.6 is 11.3 Å². The standard InChI is InChI=1S/C15H16N2O3S/c1-10-5-4-6-12(7-10)9-16(3)15-13(17(19)20)8-14(21-15)11(2)18/h4-8H,9H2,1-3H3. The number of hydrogen-bond acceptors (Lipinski definition) is 5. The van der Waals surface area contributed by atoms with E-state index >= 15 is 0 Å². The third kappa shape index (κ3) is 3.46. The van der Waals surface area contributed by atoms with Crippen molar-refractivity contribution >= 4 is 27.8 Å². The number of Topliss-reactive ketones (excluding diaryl/α,β-unsaturated/α-hetero) is 1. The molecule has 5 nitrogen and oxygen atoms in total. The first-order valence-corrected chi connectivity index (χ1v) is 7.26. The third-order valence-corrected chi connectivity index (χ3v) is 4.43. The van der Waals surface area contributed by atoms with Gasteiger partial charge in [-0.3, -0.25) is 14.9 Å². The van der Waals surface area contributed by atoms with E-state index in [9.17, 15) is 14.9 Å². The zero-order valence-corrected chi connectivity index (χ0v) is 12.9. The molecule has 0 aliphatic carbocycles. The SMILES string of the molecule is CC(=O)c1cc([N+](=O)[O-])c(N(C)Cc2cccc(C)c2)s1. The molecule has 0 spiro atoms. The second-order valence-corrected chi connectivity index (χ2v) is 5.99. The molecule has 0 saturated carbocycles. The average molecular weight is 304 g/mol. The highest BCUT2D eigenvalue weighted by atomic mass is 32.1. The van der Waals surface area contributed by atoms with Crippen LogP contribution in [0, 0.1) is 17.0 Å². The molecule has 0 atom stereocenters. The molecule has 6 heteroatoms. The molecule has 0 aliphatic rings. The molecule has 2 aromatic rings. The van der Waals surface area contributed by atoms with Crippen molar-refractivity contribution in [2.24, 2.45) is 0 Å². The van der Waals surface area contributed by atoms with E-state index in [2.05, 4.69) is 0 Å². The molecule has 21 heavy (non-hydrogen) atoms. The van der Waals surface area contributed by atoms with Gasteiger partial charge in [-0.25, -0.2) is 0 Å². The third-order valence-electron chi connectivity index (χ3n) is 3.09. The Bertz CT molecular complexity index is 694. The minimum absolute atomic E-state index is 0.0136. The number of anilines is 1. The fraction of sp³-hybridized carbons (Fsp3) is 0.267. The van der Waals surface area contributed by atoms with E-state index in [0.717, 1.165) is 22.5 Å². The van der Waals surface area contributed by atoms with Gasteiger partial charge >= 0.3 is 5.69 Å². The molecule has 110 valence electrons. The minimum atomic E-state index is -0.439. The van der Waals surface area contributed by atoms with Crippen LogP contribution in [0.3, 0.4) is 0 Å². The summed E-state index contributed by atoms with van der Waals surface area (Å²) in [7, 11) is 1.80. The smallest absolute Gasteiger partial charge is 0.304 e. The first-order valence-electron chi connectivity index (χ1n) is 6.44. The van der Waals surface area contributed by atoms with Crippen molar-refractivity contribution in [1.82, 2.24) is 0 Å². The Hall–Kier alpha value is -2.21. The van der Waals surface area contributed by atoms with Crippen LogP contribution in [0.25, 0.3) is 0 Å². The molecule has 0 amide bonds. The van der Waals surface area contributed by atoms with Gasteiger partial charge in [-0.15, -0.1) is 11.3 Å². The van der Waals surface area contributed by atoms with E-state index in [1.165, 1.54) is 13.0 Å². The van der Waals surface area contributed by atoms with Gasteiger partial charge in [0, 0.05) is 19.7 Å². The molecular weight excluding hydrogens is 288 g/mol. The lowest BCUT2D eigenvalue weighted by Crippen LogP contribution is -2.16. The monoisotopic (exact) mass is 304 g/mol. The molecule has 0 N–H and O–H groups in total. The van der Waals surface area contributed by atoms with Gasteiger partial charge in [0.2, 0.25) is 0 Å². The van der Waals surface area contributed by atoms with Crippen molar-refractivity contribution in [3.05, 3.63) is 56.5 Å². The largest absolute Gasteiger partial charge is 0.357 e. The average Bonchev–Trinajstić information content (AvgIpc) is 2.84. The Morgan fingerprint density at radius 3 is 2.67 bits per heavy atom. The lowest BCUT2D eigenvalue weighted by Gasteiger charge is -2.17. The van der Waals surface area contributed by atoms with Crippen molar-refractivity contribution < 1.29 is 9.72 Å². The normalized spacial score (nSPS) is 10.4. The Labute approximate surface area is 127 Å². The maximum absolute atomic E-state index is 11.4. The van der Waals surface area contributed by atoms with Crippen LogP contribution in [-0.2, 0) is 6.54 Å². The van der Waals surface area contributed by atoms with Gasteiger partial charge in [0.15, 0.2) is 10.8 Å². The second kappa shape index (κ2) is 6.05. The molecular formula is C15H16N2O3S. The quantitative estimate of drug-likeness (QED) is 0.479. The molecule has 0 bridgehead atoms. The molecule has 1 aromatic heterocycles. The lowest BCUT2D eigenvalue weighted by molar-refractivity contribution is -0.383. The van der Waals surface area contributed by atoms with E-state index in [-0.39, 0.29) is 11.5 Å². The minimum Gasteiger partial charge on any atom is -0.357 e. The zero-order valence-electron chi connectivity index (χ0n) is 12.1. The van der Waals surface area contributed by atoms with Crippen molar-refractivity contribution in [2.75, 3.05) is 11.9 Å². The van der Waals surface area contributed by atoms with E-state index in [4.69, 9.17) is 0 Å². The van der Waals surface area contributed by atoms with Crippen LogP contribution in [0.2, 0.25) is 0 Å². The predicted molar refractivity (Wildman–Crippen MR) is 84.3 cm³/mol. The number of nitro groups is 1. The second-order valence-electron chi connectivity index (χ2n) is 4.96. The Morgan fingerprint density at radius 1 is 1.38 bits per heavy atom. The molecule has 1 aromatic carbocycles. The van der Waals surface area contributed by atoms with Crippen LogP contribution in [-0.4, -0.2) is 17.8 Å².